The van der Waals surface area contributed by atoms with Crippen molar-refractivity contribution < 1.29 is 13.2 Å². The number of rotatable bonds is 5. The second-order valence-electron chi connectivity index (χ2n) is 4.49. The fourth-order valence-corrected chi connectivity index (χ4v) is 3.45. The van der Waals surface area contributed by atoms with Crippen LogP contribution in [0.5, 0.6) is 5.75 Å². The molecule has 0 saturated heterocycles. The number of benzene rings is 1. The van der Waals surface area contributed by atoms with E-state index in [-0.39, 0.29) is 23.8 Å². The van der Waals surface area contributed by atoms with Gasteiger partial charge in [-0.05, 0) is 32.0 Å². The molecule has 0 amide bonds. The van der Waals surface area contributed by atoms with Crippen molar-refractivity contribution in [2.24, 2.45) is 5.73 Å². The van der Waals surface area contributed by atoms with Gasteiger partial charge in [0.15, 0.2) is 0 Å². The molecule has 0 unspecified atom stereocenters. The van der Waals surface area contributed by atoms with E-state index < -0.39 is 15.6 Å². The van der Waals surface area contributed by atoms with Crippen LogP contribution in [0.25, 0.3) is 0 Å². The van der Waals surface area contributed by atoms with E-state index in [0.717, 1.165) is 0 Å². The molecule has 0 aliphatic carbocycles. The first-order valence-corrected chi connectivity index (χ1v) is 7.57. The summed E-state index contributed by atoms with van der Waals surface area (Å²) in [5.41, 5.74) is 4.81. The molecule has 3 N–H and O–H groups in total. The summed E-state index contributed by atoms with van der Waals surface area (Å²) in [5, 5.41) is 0. The first-order chi connectivity index (χ1) is 8.22. The van der Waals surface area contributed by atoms with Crippen LogP contribution >= 0.6 is 28.3 Å². The predicted octanol–water partition coefficient (Wildman–Crippen LogP) is 1.90. The molecule has 0 heterocycles. The number of ether oxygens (including phenoxy) is 1. The minimum Gasteiger partial charge on any atom is -0.495 e. The van der Waals surface area contributed by atoms with E-state index in [2.05, 4.69) is 20.7 Å². The van der Waals surface area contributed by atoms with Crippen LogP contribution in [0, 0.1) is 0 Å². The lowest BCUT2D eigenvalue weighted by molar-refractivity contribution is 0.400. The molecule has 0 spiro atoms. The van der Waals surface area contributed by atoms with E-state index in [1.165, 1.54) is 13.2 Å². The molecule has 1 aromatic carbocycles. The third-order valence-electron chi connectivity index (χ3n) is 2.34. The van der Waals surface area contributed by atoms with E-state index in [1.807, 2.05) is 0 Å². The van der Waals surface area contributed by atoms with Crippen LogP contribution in [0.15, 0.2) is 27.6 Å². The van der Waals surface area contributed by atoms with Crippen molar-refractivity contribution in [2.75, 3.05) is 13.7 Å². The van der Waals surface area contributed by atoms with Crippen LogP contribution in [-0.2, 0) is 10.0 Å². The topological polar surface area (TPSA) is 81.4 Å². The molecule has 0 aliphatic heterocycles. The molecule has 0 atom stereocenters. The van der Waals surface area contributed by atoms with Crippen LogP contribution in [-0.4, -0.2) is 27.6 Å². The molecule has 0 saturated carbocycles. The fraction of sp³-hybridized carbons (Fsp3) is 0.455. The Balaban J connectivity index is 0.00000324. The molecule has 1 aromatic rings. The molecule has 0 aliphatic rings. The van der Waals surface area contributed by atoms with Crippen molar-refractivity contribution in [2.45, 2.75) is 24.3 Å². The Morgan fingerprint density at radius 2 is 2.00 bits per heavy atom. The maximum Gasteiger partial charge on any atom is 0.244 e. The molecule has 0 aromatic heterocycles. The zero-order chi connectivity index (χ0) is 14.0. The lowest BCUT2D eigenvalue weighted by Crippen LogP contribution is -2.48. The van der Waals surface area contributed by atoms with Gasteiger partial charge in [-0.2, -0.15) is 0 Å². The molecule has 0 radical (unpaired) electrons. The highest BCUT2D eigenvalue weighted by atomic mass is 79.9. The maximum atomic E-state index is 12.3. The summed E-state index contributed by atoms with van der Waals surface area (Å²) in [6.07, 6.45) is 0. The first kappa shape index (κ1) is 18.7. The predicted molar refractivity (Wildman–Crippen MR) is 81.4 cm³/mol. The minimum absolute atomic E-state index is 0. The van der Waals surface area contributed by atoms with Gasteiger partial charge in [0.05, 0.1) is 7.11 Å². The number of nitrogens with one attached hydrogen (secondary N) is 1. The minimum atomic E-state index is -3.68. The van der Waals surface area contributed by atoms with Gasteiger partial charge in [-0.3, -0.25) is 0 Å². The Labute approximate surface area is 128 Å². The summed E-state index contributed by atoms with van der Waals surface area (Å²) < 4.78 is 32.8. The molecule has 5 nitrogen and oxygen atoms in total. The second-order valence-corrected chi connectivity index (χ2v) is 7.06. The largest absolute Gasteiger partial charge is 0.495 e. The van der Waals surface area contributed by atoms with Crippen molar-refractivity contribution in [3.8, 4) is 5.75 Å². The Morgan fingerprint density at radius 1 is 1.42 bits per heavy atom. The van der Waals surface area contributed by atoms with E-state index in [4.69, 9.17) is 10.5 Å². The summed E-state index contributed by atoms with van der Waals surface area (Å²) in [6.45, 7) is 3.63. The lowest BCUT2D eigenvalue weighted by Gasteiger charge is -2.24. The van der Waals surface area contributed by atoms with Crippen molar-refractivity contribution in [3.05, 3.63) is 22.7 Å². The number of nitrogens with two attached hydrogens (primary N) is 1. The first-order valence-electron chi connectivity index (χ1n) is 5.29. The van der Waals surface area contributed by atoms with E-state index >= 15 is 0 Å². The van der Waals surface area contributed by atoms with Crippen molar-refractivity contribution in [3.63, 3.8) is 0 Å². The molecule has 1 rings (SSSR count). The zero-order valence-corrected chi connectivity index (χ0v) is 14.2. The van der Waals surface area contributed by atoms with Crippen LogP contribution in [0.2, 0.25) is 0 Å². The summed E-state index contributed by atoms with van der Waals surface area (Å²) in [5.74, 6) is 0.290. The Hall–Kier alpha value is -0.340. The molecule has 110 valence electrons. The summed E-state index contributed by atoms with van der Waals surface area (Å²) >= 11 is 3.24. The Kier molecular flexibility index (Phi) is 6.77. The van der Waals surface area contributed by atoms with Gasteiger partial charge in [-0.25, -0.2) is 13.1 Å². The van der Waals surface area contributed by atoms with Gasteiger partial charge in [0.25, 0.3) is 0 Å². The highest BCUT2D eigenvalue weighted by Crippen LogP contribution is 2.27. The summed E-state index contributed by atoms with van der Waals surface area (Å²) in [4.78, 5) is 0.0842. The number of sulfonamides is 1. The van der Waals surface area contributed by atoms with Gasteiger partial charge in [0.1, 0.15) is 10.6 Å². The lowest BCUT2D eigenvalue weighted by atomic mass is 10.1. The van der Waals surface area contributed by atoms with Gasteiger partial charge in [0, 0.05) is 16.6 Å². The molecular weight excluding hydrogens is 356 g/mol. The Morgan fingerprint density at radius 3 is 2.47 bits per heavy atom. The van der Waals surface area contributed by atoms with Crippen molar-refractivity contribution >= 4 is 38.4 Å². The molecular formula is C11H18BrClN2O3S. The van der Waals surface area contributed by atoms with E-state index in [0.29, 0.717) is 10.2 Å². The van der Waals surface area contributed by atoms with Crippen LogP contribution < -0.4 is 15.2 Å². The Bertz CT molecular complexity index is 535. The number of hydrogen-bond acceptors (Lipinski definition) is 4. The van der Waals surface area contributed by atoms with Crippen LogP contribution in [0.4, 0.5) is 0 Å². The highest BCUT2D eigenvalue weighted by Gasteiger charge is 2.27. The summed E-state index contributed by atoms with van der Waals surface area (Å²) in [7, 11) is -2.25. The van der Waals surface area contributed by atoms with Crippen molar-refractivity contribution in [1.29, 1.82) is 0 Å². The smallest absolute Gasteiger partial charge is 0.244 e. The number of methoxy groups -OCH3 is 1. The normalized spacial score (nSPS) is 11.8. The van der Waals surface area contributed by atoms with Gasteiger partial charge in [0.2, 0.25) is 10.0 Å². The van der Waals surface area contributed by atoms with Crippen LogP contribution in [0.3, 0.4) is 0 Å². The van der Waals surface area contributed by atoms with E-state index in [9.17, 15) is 8.42 Å². The zero-order valence-electron chi connectivity index (χ0n) is 10.9. The standard InChI is InChI=1S/C11H17BrN2O3S.ClH/c1-11(2,7-13)14-18(15,16)10-6-8(12)4-5-9(10)17-3;/h4-6,14H,7,13H2,1-3H3;1H. The highest BCUT2D eigenvalue weighted by molar-refractivity contribution is 9.10. The van der Waals surface area contributed by atoms with Crippen molar-refractivity contribution in [1.82, 2.24) is 4.72 Å². The summed E-state index contributed by atoms with van der Waals surface area (Å²) in [6, 6.07) is 4.80. The molecule has 19 heavy (non-hydrogen) atoms. The monoisotopic (exact) mass is 372 g/mol. The maximum absolute atomic E-state index is 12.3. The number of halogens is 2. The van der Waals surface area contributed by atoms with Gasteiger partial charge in [-0.15, -0.1) is 12.4 Å². The fourth-order valence-electron chi connectivity index (χ4n) is 1.32. The SMILES string of the molecule is COc1ccc(Br)cc1S(=O)(=O)NC(C)(C)CN.Cl. The quantitative estimate of drug-likeness (QED) is 0.826. The van der Waals surface area contributed by atoms with Crippen LogP contribution in [0.1, 0.15) is 13.8 Å². The third kappa shape index (κ3) is 4.92. The molecule has 0 fully saturated rings. The third-order valence-corrected chi connectivity index (χ3v) is 4.55. The van der Waals surface area contributed by atoms with Gasteiger partial charge in [-0.1, -0.05) is 15.9 Å². The van der Waals surface area contributed by atoms with E-state index in [1.54, 1.807) is 26.0 Å². The number of hydrogen-bond donors (Lipinski definition) is 2. The second kappa shape index (κ2) is 6.90. The average molecular weight is 374 g/mol. The molecule has 0 bridgehead atoms. The average Bonchev–Trinajstić information content (AvgIpc) is 2.28. The van der Waals surface area contributed by atoms with Gasteiger partial charge >= 0.3 is 0 Å². The molecule has 8 heteroatoms. The van der Waals surface area contributed by atoms with Gasteiger partial charge < -0.3 is 10.5 Å².